The zero-order chi connectivity index (χ0) is 13.9. The number of carbonyl (C=O) groups excluding carboxylic acids is 1. The quantitative estimate of drug-likeness (QED) is 0.899. The van der Waals surface area contributed by atoms with E-state index in [0.717, 1.165) is 24.1 Å². The number of nitrogens with zero attached hydrogens (tertiary/aromatic N) is 1. The molecule has 5 heteroatoms. The average Bonchev–Trinajstić information content (AvgIpc) is 2.88. The predicted octanol–water partition coefficient (Wildman–Crippen LogP) is 2.11. The summed E-state index contributed by atoms with van der Waals surface area (Å²) in [6.07, 6.45) is 1.32. The number of anilines is 1. The highest BCUT2D eigenvalue weighted by molar-refractivity contribution is 5.88. The first-order valence-electron chi connectivity index (χ1n) is 7.50. The molecule has 0 aromatic heterocycles. The largest absolute Gasteiger partial charge is 0.326 e. The molecule has 0 aliphatic carbocycles. The minimum absolute atomic E-state index is 0. The number of benzene rings is 1. The van der Waals surface area contributed by atoms with Crippen LogP contribution in [0.3, 0.4) is 0 Å². The van der Waals surface area contributed by atoms with Crippen LogP contribution in [0.1, 0.15) is 18.9 Å². The maximum atomic E-state index is 11.0. The van der Waals surface area contributed by atoms with E-state index in [4.69, 9.17) is 0 Å². The van der Waals surface area contributed by atoms with Crippen LogP contribution in [0.15, 0.2) is 24.3 Å². The van der Waals surface area contributed by atoms with Gasteiger partial charge in [0.25, 0.3) is 0 Å². The Morgan fingerprint density at radius 1 is 1.29 bits per heavy atom. The standard InChI is InChI=1S/C16H23N3O.ClH/c1-12(20)18-16-4-2-13(3-5-16)10-19-7-6-14-8-17-9-15(14)11-19;/h2-5,14-15,17H,6-11H2,1H3,(H,18,20);1H. The van der Waals surface area contributed by atoms with Gasteiger partial charge in [0.15, 0.2) is 0 Å². The van der Waals surface area contributed by atoms with Crippen LogP contribution in [0.5, 0.6) is 0 Å². The number of amides is 1. The van der Waals surface area contributed by atoms with Gasteiger partial charge >= 0.3 is 0 Å². The molecule has 2 fully saturated rings. The van der Waals surface area contributed by atoms with Crippen molar-refractivity contribution in [2.24, 2.45) is 11.8 Å². The molecule has 1 amide bonds. The molecule has 2 saturated heterocycles. The van der Waals surface area contributed by atoms with Crippen LogP contribution in [0.2, 0.25) is 0 Å². The number of nitrogens with one attached hydrogen (secondary N) is 2. The third-order valence-electron chi connectivity index (χ3n) is 4.47. The summed E-state index contributed by atoms with van der Waals surface area (Å²) in [5, 5.41) is 6.31. The summed E-state index contributed by atoms with van der Waals surface area (Å²) < 4.78 is 0. The van der Waals surface area contributed by atoms with E-state index >= 15 is 0 Å². The summed E-state index contributed by atoms with van der Waals surface area (Å²) in [7, 11) is 0. The van der Waals surface area contributed by atoms with Crippen LogP contribution in [0, 0.1) is 11.8 Å². The second-order valence-corrected chi connectivity index (χ2v) is 6.08. The number of fused-ring (bicyclic) bond motifs is 1. The van der Waals surface area contributed by atoms with E-state index in [1.807, 2.05) is 12.1 Å². The van der Waals surface area contributed by atoms with Gasteiger partial charge in [0.05, 0.1) is 0 Å². The molecule has 0 spiro atoms. The van der Waals surface area contributed by atoms with Crippen LogP contribution in [0.4, 0.5) is 5.69 Å². The van der Waals surface area contributed by atoms with E-state index < -0.39 is 0 Å². The molecular formula is C16H24ClN3O. The van der Waals surface area contributed by atoms with Gasteiger partial charge in [0.1, 0.15) is 0 Å². The van der Waals surface area contributed by atoms with E-state index in [2.05, 4.69) is 27.7 Å². The van der Waals surface area contributed by atoms with Crippen LogP contribution in [0.25, 0.3) is 0 Å². The molecule has 2 N–H and O–H groups in total. The molecule has 2 heterocycles. The Kier molecular flexibility index (Phi) is 5.62. The highest BCUT2D eigenvalue weighted by atomic mass is 35.5. The molecule has 1 aromatic carbocycles. The zero-order valence-corrected chi connectivity index (χ0v) is 13.3. The normalized spacial score (nSPS) is 25.0. The molecular weight excluding hydrogens is 286 g/mol. The van der Waals surface area contributed by atoms with Gasteiger partial charge in [-0.15, -0.1) is 12.4 Å². The lowest BCUT2D eigenvalue weighted by Gasteiger charge is -2.34. The molecule has 0 saturated carbocycles. The van der Waals surface area contributed by atoms with Gasteiger partial charge in [-0.1, -0.05) is 12.1 Å². The number of rotatable bonds is 3. The number of halogens is 1. The van der Waals surface area contributed by atoms with E-state index in [9.17, 15) is 4.79 Å². The number of hydrogen-bond donors (Lipinski definition) is 2. The van der Waals surface area contributed by atoms with Gasteiger partial charge in [0, 0.05) is 25.7 Å². The summed E-state index contributed by atoms with van der Waals surface area (Å²) >= 11 is 0. The van der Waals surface area contributed by atoms with Crippen molar-refractivity contribution < 1.29 is 4.79 Å². The second kappa shape index (κ2) is 7.25. The molecule has 21 heavy (non-hydrogen) atoms. The van der Waals surface area contributed by atoms with Crippen molar-refractivity contribution in [3.8, 4) is 0 Å². The molecule has 3 rings (SSSR count). The SMILES string of the molecule is CC(=O)Nc1ccc(CN2CCC3CNCC3C2)cc1.Cl. The first-order chi connectivity index (χ1) is 9.70. The Morgan fingerprint density at radius 3 is 2.71 bits per heavy atom. The molecule has 116 valence electrons. The summed E-state index contributed by atoms with van der Waals surface area (Å²) in [5.41, 5.74) is 2.20. The Labute approximate surface area is 132 Å². The number of piperidine rings is 1. The van der Waals surface area contributed by atoms with Crippen molar-refractivity contribution in [3.05, 3.63) is 29.8 Å². The topological polar surface area (TPSA) is 44.4 Å². The van der Waals surface area contributed by atoms with Crippen molar-refractivity contribution in [2.75, 3.05) is 31.5 Å². The van der Waals surface area contributed by atoms with Crippen molar-refractivity contribution in [1.82, 2.24) is 10.2 Å². The lowest BCUT2D eigenvalue weighted by molar-refractivity contribution is -0.114. The lowest BCUT2D eigenvalue weighted by Crippen LogP contribution is -2.39. The van der Waals surface area contributed by atoms with E-state index in [-0.39, 0.29) is 18.3 Å². The van der Waals surface area contributed by atoms with Gasteiger partial charge < -0.3 is 10.6 Å². The van der Waals surface area contributed by atoms with Crippen molar-refractivity contribution in [2.45, 2.75) is 19.9 Å². The lowest BCUT2D eigenvalue weighted by atomic mass is 9.88. The fraction of sp³-hybridized carbons (Fsp3) is 0.562. The second-order valence-electron chi connectivity index (χ2n) is 6.08. The Hall–Kier alpha value is -1.10. The van der Waals surface area contributed by atoms with Crippen LogP contribution >= 0.6 is 12.4 Å². The molecule has 0 bridgehead atoms. The van der Waals surface area contributed by atoms with E-state index in [1.165, 1.54) is 45.1 Å². The third-order valence-corrected chi connectivity index (χ3v) is 4.47. The summed E-state index contributed by atoms with van der Waals surface area (Å²) in [5.74, 6) is 1.71. The third kappa shape index (κ3) is 4.19. The first kappa shape index (κ1) is 16.3. The molecule has 2 aliphatic heterocycles. The summed E-state index contributed by atoms with van der Waals surface area (Å²) in [6, 6.07) is 8.20. The Bertz CT molecular complexity index is 477. The Morgan fingerprint density at radius 2 is 2.00 bits per heavy atom. The smallest absolute Gasteiger partial charge is 0.221 e. The molecule has 1 aromatic rings. The van der Waals surface area contributed by atoms with Crippen LogP contribution in [-0.4, -0.2) is 37.0 Å². The monoisotopic (exact) mass is 309 g/mol. The summed E-state index contributed by atoms with van der Waals surface area (Å²) in [6.45, 7) is 7.37. The fourth-order valence-electron chi connectivity index (χ4n) is 3.41. The van der Waals surface area contributed by atoms with Gasteiger partial charge in [-0.05, 0) is 55.6 Å². The van der Waals surface area contributed by atoms with Gasteiger partial charge in [-0.3, -0.25) is 9.69 Å². The maximum Gasteiger partial charge on any atom is 0.221 e. The number of hydrogen-bond acceptors (Lipinski definition) is 3. The molecule has 2 aliphatic rings. The molecule has 0 radical (unpaired) electrons. The fourth-order valence-corrected chi connectivity index (χ4v) is 3.41. The molecule has 4 nitrogen and oxygen atoms in total. The van der Waals surface area contributed by atoms with Crippen molar-refractivity contribution in [3.63, 3.8) is 0 Å². The number of likely N-dealkylation sites (tertiary alicyclic amines) is 1. The van der Waals surface area contributed by atoms with Gasteiger partial charge in [0.2, 0.25) is 5.91 Å². The van der Waals surface area contributed by atoms with Crippen molar-refractivity contribution >= 4 is 24.0 Å². The molecule has 2 atom stereocenters. The highest BCUT2D eigenvalue weighted by Gasteiger charge is 2.32. The maximum absolute atomic E-state index is 11.0. The van der Waals surface area contributed by atoms with Crippen LogP contribution < -0.4 is 10.6 Å². The van der Waals surface area contributed by atoms with Crippen LogP contribution in [-0.2, 0) is 11.3 Å². The van der Waals surface area contributed by atoms with E-state index in [1.54, 1.807) is 0 Å². The van der Waals surface area contributed by atoms with Gasteiger partial charge in [-0.2, -0.15) is 0 Å². The summed E-state index contributed by atoms with van der Waals surface area (Å²) in [4.78, 5) is 13.6. The minimum atomic E-state index is -0.0199. The number of carbonyl (C=O) groups is 1. The highest BCUT2D eigenvalue weighted by Crippen LogP contribution is 2.27. The Balaban J connectivity index is 0.00000161. The first-order valence-corrected chi connectivity index (χ1v) is 7.50. The van der Waals surface area contributed by atoms with Gasteiger partial charge in [-0.25, -0.2) is 0 Å². The van der Waals surface area contributed by atoms with Crippen molar-refractivity contribution in [1.29, 1.82) is 0 Å². The minimum Gasteiger partial charge on any atom is -0.326 e. The average molecular weight is 310 g/mol. The van der Waals surface area contributed by atoms with E-state index in [0.29, 0.717) is 0 Å². The zero-order valence-electron chi connectivity index (χ0n) is 12.5. The molecule has 2 unspecified atom stereocenters. The predicted molar refractivity (Wildman–Crippen MR) is 87.7 cm³/mol.